The van der Waals surface area contributed by atoms with E-state index in [1.165, 1.54) is 35.6 Å². The van der Waals surface area contributed by atoms with Crippen molar-refractivity contribution >= 4 is 31.4 Å². The molecule has 1 heterocycles. The van der Waals surface area contributed by atoms with Crippen LogP contribution < -0.4 is 4.72 Å². The number of aliphatic hydroxyl groups is 1. The molecule has 132 valence electrons. The fraction of sp³-hybridized carbons (Fsp3) is 0.222. The van der Waals surface area contributed by atoms with Crippen molar-refractivity contribution < 1.29 is 17.9 Å². The zero-order chi connectivity index (χ0) is 18.1. The number of hydrogen-bond donors (Lipinski definition) is 2. The highest BCUT2D eigenvalue weighted by Gasteiger charge is 2.27. The fourth-order valence-electron chi connectivity index (χ4n) is 2.44. The standard InChI is InChI=1S/C18H18FNO3S2/c1-18(21,17-10-14-4-2-3-5-16(14)24-17)12-20-25(22,23)11-13-6-8-15(19)9-7-13/h2-10,20-21H,11-12H2,1H3. The van der Waals surface area contributed by atoms with Crippen molar-refractivity contribution in [1.82, 2.24) is 4.72 Å². The van der Waals surface area contributed by atoms with Crippen LogP contribution >= 0.6 is 11.3 Å². The molecule has 7 heteroatoms. The van der Waals surface area contributed by atoms with Gasteiger partial charge in [0.05, 0.1) is 5.75 Å². The quantitative estimate of drug-likeness (QED) is 0.690. The number of sulfonamides is 1. The van der Waals surface area contributed by atoms with E-state index < -0.39 is 21.4 Å². The van der Waals surface area contributed by atoms with Crippen molar-refractivity contribution in [2.75, 3.05) is 6.54 Å². The summed E-state index contributed by atoms with van der Waals surface area (Å²) in [5.41, 5.74) is -0.838. The maximum absolute atomic E-state index is 12.9. The number of hydrogen-bond acceptors (Lipinski definition) is 4. The van der Waals surface area contributed by atoms with Gasteiger partial charge in [0, 0.05) is 16.1 Å². The summed E-state index contributed by atoms with van der Waals surface area (Å²) >= 11 is 1.43. The number of benzene rings is 2. The van der Waals surface area contributed by atoms with Gasteiger partial charge in [-0.2, -0.15) is 0 Å². The molecule has 3 rings (SSSR count). The molecule has 4 nitrogen and oxygen atoms in total. The maximum Gasteiger partial charge on any atom is 0.215 e. The van der Waals surface area contributed by atoms with Gasteiger partial charge in [0.2, 0.25) is 10.0 Å². The van der Waals surface area contributed by atoms with E-state index in [0.29, 0.717) is 10.4 Å². The third-order valence-corrected chi connectivity index (χ3v) is 6.53. The van der Waals surface area contributed by atoms with Crippen LogP contribution in [0.5, 0.6) is 0 Å². The molecular weight excluding hydrogens is 361 g/mol. The minimum Gasteiger partial charge on any atom is -0.383 e. The third kappa shape index (κ3) is 4.43. The molecule has 0 aliphatic rings. The van der Waals surface area contributed by atoms with Crippen LogP contribution in [0.15, 0.2) is 54.6 Å². The van der Waals surface area contributed by atoms with Crippen molar-refractivity contribution in [2.24, 2.45) is 0 Å². The molecule has 2 aromatic carbocycles. The molecule has 0 saturated heterocycles. The lowest BCUT2D eigenvalue weighted by molar-refractivity contribution is 0.0666. The van der Waals surface area contributed by atoms with E-state index in [1.54, 1.807) is 6.92 Å². The van der Waals surface area contributed by atoms with E-state index in [1.807, 2.05) is 30.3 Å². The molecule has 1 unspecified atom stereocenters. The first kappa shape index (κ1) is 18.0. The van der Waals surface area contributed by atoms with E-state index in [9.17, 15) is 17.9 Å². The molecule has 0 radical (unpaired) electrons. The summed E-state index contributed by atoms with van der Waals surface area (Å²) < 4.78 is 40.8. The average Bonchev–Trinajstić information content (AvgIpc) is 3.00. The summed E-state index contributed by atoms with van der Waals surface area (Å²) in [7, 11) is -3.65. The van der Waals surface area contributed by atoms with Crippen LogP contribution in [0, 0.1) is 5.82 Å². The largest absolute Gasteiger partial charge is 0.383 e. The van der Waals surface area contributed by atoms with Crippen LogP contribution in [-0.2, 0) is 21.4 Å². The van der Waals surface area contributed by atoms with E-state index in [4.69, 9.17) is 0 Å². The van der Waals surface area contributed by atoms with Gasteiger partial charge in [-0.3, -0.25) is 0 Å². The Hall–Kier alpha value is -1.80. The van der Waals surface area contributed by atoms with Gasteiger partial charge in [-0.15, -0.1) is 11.3 Å². The molecular formula is C18H18FNO3S2. The summed E-state index contributed by atoms with van der Waals surface area (Å²) in [5.74, 6) is -0.683. The molecule has 2 N–H and O–H groups in total. The molecule has 0 amide bonds. The van der Waals surface area contributed by atoms with Crippen LogP contribution in [0.3, 0.4) is 0 Å². The van der Waals surface area contributed by atoms with Gasteiger partial charge in [-0.05, 0) is 42.1 Å². The molecule has 0 bridgehead atoms. The highest BCUT2D eigenvalue weighted by Crippen LogP contribution is 2.32. The van der Waals surface area contributed by atoms with Crippen molar-refractivity contribution in [2.45, 2.75) is 18.3 Å². The summed E-state index contributed by atoms with van der Waals surface area (Å²) in [6.45, 7) is 1.45. The van der Waals surface area contributed by atoms with Crippen LogP contribution in [0.4, 0.5) is 4.39 Å². The van der Waals surface area contributed by atoms with Gasteiger partial charge in [-0.25, -0.2) is 17.5 Å². The van der Waals surface area contributed by atoms with Crippen molar-refractivity contribution in [1.29, 1.82) is 0 Å². The number of thiophene rings is 1. The zero-order valence-electron chi connectivity index (χ0n) is 13.6. The van der Waals surface area contributed by atoms with E-state index in [0.717, 1.165) is 10.1 Å². The molecule has 0 saturated carbocycles. The Morgan fingerprint density at radius 2 is 1.84 bits per heavy atom. The van der Waals surface area contributed by atoms with E-state index in [2.05, 4.69) is 4.72 Å². The van der Waals surface area contributed by atoms with E-state index >= 15 is 0 Å². The molecule has 1 aromatic heterocycles. The number of fused-ring (bicyclic) bond motifs is 1. The average molecular weight is 379 g/mol. The Morgan fingerprint density at radius 1 is 1.16 bits per heavy atom. The summed E-state index contributed by atoms with van der Waals surface area (Å²) in [6, 6.07) is 14.9. The summed E-state index contributed by atoms with van der Waals surface area (Å²) in [6.07, 6.45) is 0. The number of nitrogens with one attached hydrogen (secondary N) is 1. The van der Waals surface area contributed by atoms with Crippen molar-refractivity contribution in [3.63, 3.8) is 0 Å². The predicted molar refractivity (Wildman–Crippen MR) is 98.4 cm³/mol. The minimum atomic E-state index is -3.65. The Balaban J connectivity index is 1.71. The zero-order valence-corrected chi connectivity index (χ0v) is 15.2. The fourth-order valence-corrected chi connectivity index (χ4v) is 4.78. The second-order valence-corrected chi connectivity index (χ2v) is 9.02. The first-order valence-corrected chi connectivity index (χ1v) is 10.2. The monoisotopic (exact) mass is 379 g/mol. The molecule has 3 aromatic rings. The number of halogens is 1. The van der Waals surface area contributed by atoms with Gasteiger partial charge in [0.25, 0.3) is 0 Å². The molecule has 0 aliphatic heterocycles. The smallest absolute Gasteiger partial charge is 0.215 e. The molecule has 0 fully saturated rings. The predicted octanol–water partition coefficient (Wildman–Crippen LogP) is 3.37. The summed E-state index contributed by atoms with van der Waals surface area (Å²) in [5, 5.41) is 11.7. The second-order valence-electron chi connectivity index (χ2n) is 6.13. The van der Waals surface area contributed by atoms with Gasteiger partial charge in [-0.1, -0.05) is 30.3 Å². The van der Waals surface area contributed by atoms with Gasteiger partial charge in [0.1, 0.15) is 11.4 Å². The Labute approximate surface area is 150 Å². The minimum absolute atomic E-state index is 0.136. The lowest BCUT2D eigenvalue weighted by Crippen LogP contribution is -2.38. The third-order valence-electron chi connectivity index (χ3n) is 3.86. The maximum atomic E-state index is 12.9. The summed E-state index contributed by atoms with van der Waals surface area (Å²) in [4.78, 5) is 0.693. The van der Waals surface area contributed by atoms with E-state index in [-0.39, 0.29) is 12.3 Å². The van der Waals surface area contributed by atoms with Crippen LogP contribution in [0.2, 0.25) is 0 Å². The van der Waals surface area contributed by atoms with Gasteiger partial charge >= 0.3 is 0 Å². The van der Waals surface area contributed by atoms with Crippen molar-refractivity contribution in [3.05, 3.63) is 70.9 Å². The van der Waals surface area contributed by atoms with Crippen LogP contribution in [0.1, 0.15) is 17.4 Å². The van der Waals surface area contributed by atoms with Gasteiger partial charge in [0.15, 0.2) is 0 Å². The molecule has 1 atom stereocenters. The first-order chi connectivity index (χ1) is 11.8. The lowest BCUT2D eigenvalue weighted by atomic mass is 10.1. The van der Waals surface area contributed by atoms with Crippen LogP contribution in [0.25, 0.3) is 10.1 Å². The Bertz CT molecular complexity index is 946. The topological polar surface area (TPSA) is 66.4 Å². The van der Waals surface area contributed by atoms with Crippen LogP contribution in [-0.4, -0.2) is 20.1 Å². The first-order valence-electron chi connectivity index (χ1n) is 7.68. The highest BCUT2D eigenvalue weighted by molar-refractivity contribution is 7.88. The Morgan fingerprint density at radius 3 is 2.52 bits per heavy atom. The van der Waals surface area contributed by atoms with Crippen molar-refractivity contribution in [3.8, 4) is 0 Å². The SMILES string of the molecule is CC(O)(CNS(=O)(=O)Cc1ccc(F)cc1)c1cc2ccccc2s1. The highest BCUT2D eigenvalue weighted by atomic mass is 32.2. The second kappa shape index (κ2) is 6.84. The Kier molecular flexibility index (Phi) is 4.92. The molecule has 0 aliphatic carbocycles. The molecule has 0 spiro atoms. The molecule has 25 heavy (non-hydrogen) atoms. The number of rotatable bonds is 6. The normalized spacial score (nSPS) is 14.5. The lowest BCUT2D eigenvalue weighted by Gasteiger charge is -2.22. The van der Waals surface area contributed by atoms with Gasteiger partial charge < -0.3 is 5.11 Å².